The highest BCUT2D eigenvalue weighted by Crippen LogP contribution is 2.16. The van der Waals surface area contributed by atoms with Crippen molar-refractivity contribution in [2.45, 2.75) is 20.3 Å². The summed E-state index contributed by atoms with van der Waals surface area (Å²) >= 11 is 0. The van der Waals surface area contributed by atoms with Crippen molar-refractivity contribution in [3.05, 3.63) is 34.9 Å². The van der Waals surface area contributed by atoms with Crippen LogP contribution in [0.15, 0.2) is 12.1 Å². The third-order valence-electron chi connectivity index (χ3n) is 1.78. The molecule has 0 aliphatic heterocycles. The summed E-state index contributed by atoms with van der Waals surface area (Å²) in [4.78, 5) is 0. The van der Waals surface area contributed by atoms with Crippen molar-refractivity contribution in [2.75, 3.05) is 0 Å². The number of benzene rings is 1. The third-order valence-corrected chi connectivity index (χ3v) is 1.78. The smallest absolute Gasteiger partial charge is 0.162 e. The van der Waals surface area contributed by atoms with E-state index in [0.717, 1.165) is 11.6 Å². The van der Waals surface area contributed by atoms with Crippen LogP contribution in [-0.4, -0.2) is 0 Å². The second-order valence-electron chi connectivity index (χ2n) is 2.51. The molecule has 0 atom stereocenters. The zero-order valence-electron chi connectivity index (χ0n) is 6.62. The first-order valence-corrected chi connectivity index (χ1v) is 3.60. The van der Waals surface area contributed by atoms with Gasteiger partial charge in [-0.15, -0.1) is 0 Å². The Morgan fingerprint density at radius 2 is 1.91 bits per heavy atom. The Balaban J connectivity index is 3.29. The van der Waals surface area contributed by atoms with Crippen LogP contribution in [0.5, 0.6) is 0 Å². The molecular formula is C9H10F2. The fourth-order valence-corrected chi connectivity index (χ4v) is 1.12. The lowest BCUT2D eigenvalue weighted by Crippen LogP contribution is -1.95. The van der Waals surface area contributed by atoms with Crippen LogP contribution in [0, 0.1) is 18.6 Å². The Labute approximate surface area is 64.9 Å². The predicted molar refractivity (Wildman–Crippen MR) is 40.5 cm³/mol. The maximum atomic E-state index is 12.9. The summed E-state index contributed by atoms with van der Waals surface area (Å²) in [6.07, 6.45) is 0.537. The lowest BCUT2D eigenvalue weighted by atomic mass is 10.1. The van der Waals surface area contributed by atoms with Gasteiger partial charge in [-0.3, -0.25) is 0 Å². The van der Waals surface area contributed by atoms with E-state index in [1.165, 1.54) is 0 Å². The first kappa shape index (κ1) is 8.18. The van der Waals surface area contributed by atoms with E-state index in [1.54, 1.807) is 13.0 Å². The van der Waals surface area contributed by atoms with Crippen LogP contribution in [0.25, 0.3) is 0 Å². The zero-order valence-corrected chi connectivity index (χ0v) is 6.62. The molecule has 0 aliphatic carbocycles. The molecule has 1 aromatic rings. The van der Waals surface area contributed by atoms with E-state index in [2.05, 4.69) is 0 Å². The average molecular weight is 156 g/mol. The molecule has 0 amide bonds. The summed E-state index contributed by atoms with van der Waals surface area (Å²) in [5.41, 5.74) is 1.29. The molecule has 2 heteroatoms. The van der Waals surface area contributed by atoms with E-state index in [0.29, 0.717) is 12.0 Å². The van der Waals surface area contributed by atoms with Crippen molar-refractivity contribution in [1.29, 1.82) is 0 Å². The van der Waals surface area contributed by atoms with E-state index in [4.69, 9.17) is 0 Å². The van der Waals surface area contributed by atoms with E-state index in [-0.39, 0.29) is 0 Å². The van der Waals surface area contributed by atoms with Crippen LogP contribution < -0.4 is 0 Å². The zero-order chi connectivity index (χ0) is 8.43. The lowest BCUT2D eigenvalue weighted by Gasteiger charge is -2.03. The summed E-state index contributed by atoms with van der Waals surface area (Å²) < 4.78 is 25.5. The van der Waals surface area contributed by atoms with Gasteiger partial charge in [0.25, 0.3) is 0 Å². The molecule has 1 aromatic carbocycles. The van der Waals surface area contributed by atoms with Crippen molar-refractivity contribution < 1.29 is 8.78 Å². The molecule has 1 rings (SSSR count). The van der Waals surface area contributed by atoms with Gasteiger partial charge in [0.2, 0.25) is 0 Å². The first-order valence-electron chi connectivity index (χ1n) is 3.60. The van der Waals surface area contributed by atoms with Crippen molar-refractivity contribution in [3.8, 4) is 0 Å². The Kier molecular flexibility index (Phi) is 2.22. The third kappa shape index (κ3) is 1.39. The van der Waals surface area contributed by atoms with Crippen LogP contribution in [0.2, 0.25) is 0 Å². The molecule has 0 saturated heterocycles. The molecule has 0 unspecified atom stereocenters. The van der Waals surface area contributed by atoms with Crippen LogP contribution in [-0.2, 0) is 6.42 Å². The molecule has 0 aliphatic rings. The Bertz CT molecular complexity index is 267. The molecule has 0 aromatic heterocycles. The summed E-state index contributed by atoms with van der Waals surface area (Å²) in [6, 6.07) is 2.75. The number of halogens is 2. The fraction of sp³-hybridized carbons (Fsp3) is 0.333. The topological polar surface area (TPSA) is 0 Å². The normalized spacial score (nSPS) is 10.2. The number of hydrogen-bond acceptors (Lipinski definition) is 0. The van der Waals surface area contributed by atoms with E-state index < -0.39 is 11.6 Å². The molecule has 11 heavy (non-hydrogen) atoms. The van der Waals surface area contributed by atoms with Gasteiger partial charge < -0.3 is 0 Å². The predicted octanol–water partition coefficient (Wildman–Crippen LogP) is 2.84. The van der Waals surface area contributed by atoms with Gasteiger partial charge in [-0.05, 0) is 30.5 Å². The van der Waals surface area contributed by atoms with E-state index in [9.17, 15) is 8.78 Å². The molecule has 0 bridgehead atoms. The fourth-order valence-electron chi connectivity index (χ4n) is 1.12. The van der Waals surface area contributed by atoms with Crippen molar-refractivity contribution in [2.24, 2.45) is 0 Å². The Morgan fingerprint density at radius 1 is 1.27 bits per heavy atom. The van der Waals surface area contributed by atoms with Gasteiger partial charge in [0, 0.05) is 0 Å². The van der Waals surface area contributed by atoms with E-state index in [1.807, 2.05) is 6.92 Å². The number of hydrogen-bond donors (Lipinski definition) is 0. The van der Waals surface area contributed by atoms with Crippen LogP contribution in [0.1, 0.15) is 18.1 Å². The van der Waals surface area contributed by atoms with Gasteiger partial charge in [-0.1, -0.05) is 13.0 Å². The molecular weight excluding hydrogens is 146 g/mol. The minimum atomic E-state index is -0.757. The summed E-state index contributed by atoms with van der Waals surface area (Å²) in [6.45, 7) is 3.59. The van der Waals surface area contributed by atoms with Gasteiger partial charge >= 0.3 is 0 Å². The quantitative estimate of drug-likeness (QED) is 0.586. The lowest BCUT2D eigenvalue weighted by molar-refractivity contribution is 0.498. The molecule has 0 nitrogen and oxygen atoms in total. The maximum absolute atomic E-state index is 12.9. The van der Waals surface area contributed by atoms with E-state index >= 15 is 0 Å². The van der Waals surface area contributed by atoms with Gasteiger partial charge in [-0.25, -0.2) is 8.78 Å². The maximum Gasteiger partial charge on any atom is 0.162 e. The largest absolute Gasteiger partial charge is 0.204 e. The van der Waals surface area contributed by atoms with Crippen LogP contribution in [0.4, 0.5) is 8.78 Å². The second-order valence-corrected chi connectivity index (χ2v) is 2.51. The second kappa shape index (κ2) is 2.99. The van der Waals surface area contributed by atoms with Gasteiger partial charge in [0.05, 0.1) is 0 Å². The standard InChI is InChI=1S/C9H10F2/c1-3-7-6(2)4-5-8(10)9(7)11/h4-5H,3H2,1-2H3. The van der Waals surface area contributed by atoms with Gasteiger partial charge in [0.15, 0.2) is 11.6 Å². The summed E-state index contributed by atoms with van der Waals surface area (Å²) in [5, 5.41) is 0. The molecule has 0 saturated carbocycles. The summed E-state index contributed by atoms with van der Waals surface area (Å²) in [7, 11) is 0. The van der Waals surface area contributed by atoms with Crippen molar-refractivity contribution >= 4 is 0 Å². The average Bonchev–Trinajstić information content (AvgIpc) is 1.99. The Morgan fingerprint density at radius 3 is 2.36 bits per heavy atom. The minimum absolute atomic E-state index is 0.477. The highest BCUT2D eigenvalue weighted by atomic mass is 19.2. The highest BCUT2D eigenvalue weighted by Gasteiger charge is 2.07. The van der Waals surface area contributed by atoms with Crippen LogP contribution in [0.3, 0.4) is 0 Å². The van der Waals surface area contributed by atoms with Gasteiger partial charge in [0.1, 0.15) is 0 Å². The molecule has 0 fully saturated rings. The summed E-state index contributed by atoms with van der Waals surface area (Å²) in [5.74, 6) is -1.46. The SMILES string of the molecule is CCc1c(C)ccc(F)c1F. The first-order chi connectivity index (χ1) is 5.16. The highest BCUT2D eigenvalue weighted by molar-refractivity contribution is 5.28. The number of aryl methyl sites for hydroxylation is 1. The van der Waals surface area contributed by atoms with Crippen LogP contribution >= 0.6 is 0 Å². The van der Waals surface area contributed by atoms with Crippen molar-refractivity contribution in [3.63, 3.8) is 0 Å². The van der Waals surface area contributed by atoms with Gasteiger partial charge in [-0.2, -0.15) is 0 Å². The molecule has 0 heterocycles. The molecule has 0 spiro atoms. The monoisotopic (exact) mass is 156 g/mol. The molecule has 0 radical (unpaired) electrons. The van der Waals surface area contributed by atoms with Crippen molar-refractivity contribution in [1.82, 2.24) is 0 Å². The number of rotatable bonds is 1. The minimum Gasteiger partial charge on any atom is -0.204 e. The Hall–Kier alpha value is -0.920. The molecule has 0 N–H and O–H groups in total. The molecule has 60 valence electrons.